The monoisotopic (exact) mass is 601 g/mol. The zero-order valence-electron chi connectivity index (χ0n) is 23.5. The molecule has 220 valence electrons. The van der Waals surface area contributed by atoms with Gasteiger partial charge in [0.05, 0.1) is 23.6 Å². The van der Waals surface area contributed by atoms with Crippen LogP contribution < -0.4 is 10.6 Å². The van der Waals surface area contributed by atoms with Crippen LogP contribution in [-0.2, 0) is 13.6 Å². The minimum Gasteiger partial charge on any atom is -0.333 e. The molecule has 13 heteroatoms. The average molecular weight is 602 g/mol. The Kier molecular flexibility index (Phi) is 6.98. The van der Waals surface area contributed by atoms with Crippen molar-refractivity contribution >= 4 is 23.4 Å². The summed E-state index contributed by atoms with van der Waals surface area (Å²) < 4.78 is 35.7. The molecular formula is C30H29F2N9OS. The zero-order valence-corrected chi connectivity index (χ0v) is 24.3. The van der Waals surface area contributed by atoms with Crippen LogP contribution in [0.25, 0.3) is 16.9 Å². The van der Waals surface area contributed by atoms with Crippen molar-refractivity contribution in [3.05, 3.63) is 94.8 Å². The summed E-state index contributed by atoms with van der Waals surface area (Å²) in [6, 6.07) is 12.9. The molecule has 0 aliphatic carbocycles. The van der Waals surface area contributed by atoms with E-state index in [1.54, 1.807) is 21.6 Å². The summed E-state index contributed by atoms with van der Waals surface area (Å²) in [5.74, 6) is -1.50. The van der Waals surface area contributed by atoms with Crippen molar-refractivity contribution in [2.24, 2.45) is 7.05 Å². The minimum absolute atomic E-state index is 0.0124. The van der Waals surface area contributed by atoms with E-state index in [2.05, 4.69) is 30.2 Å². The first kappa shape index (κ1) is 27.3. The Morgan fingerprint density at radius 2 is 1.91 bits per heavy atom. The van der Waals surface area contributed by atoms with E-state index in [1.807, 2.05) is 55.9 Å². The van der Waals surface area contributed by atoms with Crippen molar-refractivity contribution in [3.63, 3.8) is 0 Å². The molecule has 2 aliphatic rings. The number of benzene rings is 2. The Labute approximate surface area is 250 Å². The topological polar surface area (TPSA) is 106 Å². The predicted octanol–water partition coefficient (Wildman–Crippen LogP) is 5.03. The number of hydrogen-bond acceptors (Lipinski definition) is 7. The van der Waals surface area contributed by atoms with Gasteiger partial charge in [-0.3, -0.25) is 14.9 Å². The van der Waals surface area contributed by atoms with Crippen molar-refractivity contribution in [1.29, 1.82) is 0 Å². The summed E-state index contributed by atoms with van der Waals surface area (Å²) in [4.78, 5) is 16.1. The molecule has 10 nitrogen and oxygen atoms in total. The Bertz CT molecular complexity index is 1770. The summed E-state index contributed by atoms with van der Waals surface area (Å²) >= 11 is 1.29. The quantitative estimate of drug-likeness (QED) is 0.271. The largest absolute Gasteiger partial charge is 0.333 e. The maximum Gasteiger partial charge on any atom is 0.320 e. The van der Waals surface area contributed by atoms with E-state index >= 15 is 0 Å². The molecule has 3 aromatic heterocycles. The van der Waals surface area contributed by atoms with Crippen LogP contribution in [-0.4, -0.2) is 58.2 Å². The van der Waals surface area contributed by atoms with Crippen LogP contribution in [0.4, 0.5) is 19.4 Å². The number of para-hydroxylation sites is 1. The molecule has 0 saturated carbocycles. The van der Waals surface area contributed by atoms with E-state index in [0.717, 1.165) is 41.4 Å². The van der Waals surface area contributed by atoms with Crippen LogP contribution in [0.5, 0.6) is 0 Å². The van der Waals surface area contributed by atoms with Gasteiger partial charge in [-0.2, -0.15) is 10.2 Å². The van der Waals surface area contributed by atoms with Crippen LogP contribution in [0, 0.1) is 18.6 Å². The third-order valence-electron chi connectivity index (χ3n) is 8.54. The summed E-state index contributed by atoms with van der Waals surface area (Å²) in [5.41, 5.74) is 4.61. The van der Waals surface area contributed by atoms with Crippen molar-refractivity contribution in [1.82, 2.24) is 39.4 Å². The van der Waals surface area contributed by atoms with Gasteiger partial charge < -0.3 is 5.32 Å². The molecule has 2 aliphatic heterocycles. The lowest BCUT2D eigenvalue weighted by atomic mass is 9.80. The SMILES string of the molecule is Cc1c(-c2cnn(C)c2)nn(-c2ccccc2)c1NC(=O)N[C@H]1[C@H](c2ccc(F)c(F)c2)[C@@H]2CC[C@H]1N2Cc1csnn1. The number of rotatable bonds is 7. The Morgan fingerprint density at radius 3 is 2.63 bits per heavy atom. The van der Waals surface area contributed by atoms with E-state index < -0.39 is 17.7 Å². The smallest absolute Gasteiger partial charge is 0.320 e. The summed E-state index contributed by atoms with van der Waals surface area (Å²) in [6.45, 7) is 2.48. The van der Waals surface area contributed by atoms with E-state index in [1.165, 1.54) is 17.6 Å². The number of nitrogens with zero attached hydrogens (tertiary/aromatic N) is 7. The highest BCUT2D eigenvalue weighted by Crippen LogP contribution is 2.48. The van der Waals surface area contributed by atoms with Crippen LogP contribution in [0.3, 0.4) is 0 Å². The Morgan fingerprint density at radius 1 is 1.09 bits per heavy atom. The third-order valence-corrected chi connectivity index (χ3v) is 9.09. The fraction of sp³-hybridized carbons (Fsp3) is 0.300. The molecule has 2 N–H and O–H groups in total. The molecule has 0 spiro atoms. The Hall–Kier alpha value is -4.49. The molecule has 5 aromatic rings. The van der Waals surface area contributed by atoms with Gasteiger partial charge in [-0.15, -0.1) is 5.10 Å². The van der Waals surface area contributed by atoms with Gasteiger partial charge in [-0.05, 0) is 61.1 Å². The number of halogens is 2. The van der Waals surface area contributed by atoms with Crippen molar-refractivity contribution in [3.8, 4) is 16.9 Å². The molecule has 2 fully saturated rings. The maximum atomic E-state index is 14.4. The fourth-order valence-corrected chi connectivity index (χ4v) is 7.13. The van der Waals surface area contributed by atoms with E-state index in [9.17, 15) is 13.6 Å². The number of carbonyl (C=O) groups excluding carboxylic acids is 1. The molecule has 0 unspecified atom stereocenters. The number of aromatic nitrogens is 6. The summed E-state index contributed by atoms with van der Waals surface area (Å²) in [5, 5.41) is 21.5. The normalized spacial score (nSPS) is 21.4. The number of amides is 2. The lowest BCUT2D eigenvalue weighted by Gasteiger charge is -2.30. The second kappa shape index (κ2) is 11.0. The first-order valence-electron chi connectivity index (χ1n) is 14.1. The molecule has 7 rings (SSSR count). The van der Waals surface area contributed by atoms with Crippen LogP contribution in [0.2, 0.25) is 0 Å². The number of hydrogen-bond donors (Lipinski definition) is 2. The van der Waals surface area contributed by atoms with Crippen molar-refractivity contribution < 1.29 is 13.6 Å². The van der Waals surface area contributed by atoms with E-state index in [4.69, 9.17) is 5.10 Å². The number of nitrogens with one attached hydrogen (secondary N) is 2. The second-order valence-electron chi connectivity index (χ2n) is 11.1. The second-order valence-corrected chi connectivity index (χ2v) is 11.7. The van der Waals surface area contributed by atoms with Gasteiger partial charge in [0.25, 0.3) is 0 Å². The van der Waals surface area contributed by atoms with E-state index in [-0.39, 0.29) is 24.0 Å². The lowest BCUT2D eigenvalue weighted by molar-refractivity contribution is 0.224. The van der Waals surface area contributed by atoms with Crippen molar-refractivity contribution in [2.45, 2.75) is 50.4 Å². The molecule has 2 amide bonds. The number of urea groups is 1. The molecule has 2 saturated heterocycles. The fourth-order valence-electron chi connectivity index (χ4n) is 6.69. The molecule has 0 radical (unpaired) electrons. The molecule has 43 heavy (non-hydrogen) atoms. The average Bonchev–Trinajstić information content (AvgIpc) is 3.84. The van der Waals surface area contributed by atoms with Crippen molar-refractivity contribution in [2.75, 3.05) is 5.32 Å². The molecule has 2 bridgehead atoms. The maximum absolute atomic E-state index is 14.4. The first-order chi connectivity index (χ1) is 20.9. The highest BCUT2D eigenvalue weighted by molar-refractivity contribution is 7.03. The predicted molar refractivity (Wildman–Crippen MR) is 158 cm³/mol. The van der Waals surface area contributed by atoms with E-state index in [0.29, 0.717) is 23.6 Å². The number of fused-ring (bicyclic) bond motifs is 2. The number of carbonyl (C=O) groups is 1. The van der Waals surface area contributed by atoms with Crippen LogP contribution in [0.15, 0.2) is 66.3 Å². The minimum atomic E-state index is -0.899. The summed E-state index contributed by atoms with van der Waals surface area (Å²) in [7, 11) is 1.84. The van der Waals surface area contributed by atoms with Crippen LogP contribution >= 0.6 is 11.5 Å². The third kappa shape index (κ3) is 4.97. The highest BCUT2D eigenvalue weighted by Gasteiger charge is 2.54. The van der Waals surface area contributed by atoms with Gasteiger partial charge in [-0.25, -0.2) is 18.3 Å². The van der Waals surface area contributed by atoms with Gasteiger partial charge in [0, 0.05) is 54.3 Å². The molecular weight excluding hydrogens is 572 g/mol. The number of anilines is 1. The van der Waals surface area contributed by atoms with Gasteiger partial charge in [-0.1, -0.05) is 28.8 Å². The molecule has 4 atom stereocenters. The zero-order chi connectivity index (χ0) is 29.7. The standard InChI is InChI=1S/C30H29F2N9OS/c1-17-27(19-13-33-39(2)14-19)37-41(21-6-4-3-5-7-21)29(17)35-30(42)34-28-25-11-10-24(40(25)15-20-16-43-38-36-20)26(28)18-8-9-22(31)23(32)12-18/h3-9,12-14,16,24-26,28H,10-11,15H2,1-2H3,(H2,34,35,42)/t24-,25+,26+,28+/m0/s1. The number of aryl methyl sites for hydroxylation is 1. The van der Waals surface area contributed by atoms with Gasteiger partial charge in [0.1, 0.15) is 11.5 Å². The molecule has 5 heterocycles. The Balaban J connectivity index is 1.21. The first-order valence-corrected chi connectivity index (χ1v) is 14.9. The summed E-state index contributed by atoms with van der Waals surface area (Å²) in [6.07, 6.45) is 5.35. The molecule has 2 aromatic carbocycles. The lowest BCUT2D eigenvalue weighted by Crippen LogP contribution is -2.48. The van der Waals surface area contributed by atoms with Gasteiger partial charge in [0.2, 0.25) is 0 Å². The highest BCUT2D eigenvalue weighted by atomic mass is 32.1. The van der Waals surface area contributed by atoms with Gasteiger partial charge >= 0.3 is 6.03 Å². The van der Waals surface area contributed by atoms with Gasteiger partial charge in [0.15, 0.2) is 11.6 Å². The van der Waals surface area contributed by atoms with Crippen LogP contribution in [0.1, 0.15) is 35.6 Å².